The van der Waals surface area contributed by atoms with Crippen LogP contribution in [0.2, 0.25) is 0 Å². The lowest BCUT2D eigenvalue weighted by Gasteiger charge is -2.36. The van der Waals surface area contributed by atoms with E-state index in [1.807, 2.05) is 24.3 Å². The number of anilines is 1. The van der Waals surface area contributed by atoms with Crippen molar-refractivity contribution in [3.63, 3.8) is 0 Å². The van der Waals surface area contributed by atoms with Crippen molar-refractivity contribution < 1.29 is 19.3 Å². The normalized spacial score (nSPS) is 15.8. The molecular formula is C25H36N2O4. The van der Waals surface area contributed by atoms with Crippen molar-refractivity contribution in [3.05, 3.63) is 54.1 Å². The first kappa shape index (κ1) is 23.4. The minimum Gasteiger partial charge on any atom is -0.497 e. The minimum atomic E-state index is -0.488. The number of hydrogen-bond donors (Lipinski definition) is 1. The van der Waals surface area contributed by atoms with Crippen LogP contribution < -0.4 is 14.4 Å². The Morgan fingerprint density at radius 1 is 0.871 bits per heavy atom. The number of ether oxygens (including phenoxy) is 3. The molecule has 0 aromatic heterocycles. The maximum absolute atomic E-state index is 10.3. The number of rotatable bonds is 11. The van der Waals surface area contributed by atoms with Crippen LogP contribution in [-0.2, 0) is 4.74 Å². The van der Waals surface area contributed by atoms with E-state index in [1.54, 1.807) is 7.11 Å². The number of benzene rings is 2. The van der Waals surface area contributed by atoms with E-state index in [1.165, 1.54) is 11.3 Å². The van der Waals surface area contributed by atoms with E-state index in [9.17, 15) is 5.11 Å². The highest BCUT2D eigenvalue weighted by atomic mass is 16.5. The van der Waals surface area contributed by atoms with Crippen molar-refractivity contribution >= 4 is 5.69 Å². The fraction of sp³-hybridized carbons (Fsp3) is 0.520. The van der Waals surface area contributed by atoms with Crippen LogP contribution in [-0.4, -0.2) is 75.8 Å². The summed E-state index contributed by atoms with van der Waals surface area (Å²) in [5, 5.41) is 10.3. The fourth-order valence-electron chi connectivity index (χ4n) is 3.72. The molecule has 0 aliphatic carbocycles. The Hall–Kier alpha value is -2.28. The van der Waals surface area contributed by atoms with E-state index in [0.29, 0.717) is 32.3 Å². The van der Waals surface area contributed by atoms with Gasteiger partial charge in [0.05, 0.1) is 26.4 Å². The molecule has 0 spiro atoms. The van der Waals surface area contributed by atoms with Crippen molar-refractivity contribution in [2.45, 2.75) is 25.9 Å². The van der Waals surface area contributed by atoms with Gasteiger partial charge in [0, 0.05) is 38.4 Å². The molecule has 1 unspecified atom stereocenters. The van der Waals surface area contributed by atoms with Gasteiger partial charge < -0.3 is 24.2 Å². The molecule has 1 fully saturated rings. The van der Waals surface area contributed by atoms with Crippen LogP contribution in [0.15, 0.2) is 48.5 Å². The van der Waals surface area contributed by atoms with Gasteiger partial charge in [-0.3, -0.25) is 4.90 Å². The standard InChI is InChI=1S/C25H36N2O4/c1-20(2)21-4-8-25(9-5-21)31-17-16-30-19-23(28)18-26-12-14-27(15-13-26)22-6-10-24(29-3)11-7-22/h4-11,20,23,28H,12-19H2,1-3H3. The number of piperazine rings is 1. The molecule has 1 atom stereocenters. The number of β-amino-alcohol motifs (C(OH)–C–C–N with tert-alkyl or cyclic N) is 1. The maximum atomic E-state index is 10.3. The highest BCUT2D eigenvalue weighted by molar-refractivity contribution is 5.49. The lowest BCUT2D eigenvalue weighted by Crippen LogP contribution is -2.49. The predicted octanol–water partition coefficient (Wildman–Crippen LogP) is 3.40. The van der Waals surface area contributed by atoms with Crippen molar-refractivity contribution in [1.29, 1.82) is 0 Å². The lowest BCUT2D eigenvalue weighted by molar-refractivity contribution is 0.00718. The molecule has 0 bridgehead atoms. The summed E-state index contributed by atoms with van der Waals surface area (Å²) in [6.45, 7) is 10.0. The molecule has 1 saturated heterocycles. The fourth-order valence-corrected chi connectivity index (χ4v) is 3.72. The highest BCUT2D eigenvalue weighted by Gasteiger charge is 2.19. The molecule has 6 nitrogen and oxygen atoms in total. The Morgan fingerprint density at radius 2 is 1.52 bits per heavy atom. The zero-order valence-corrected chi connectivity index (χ0v) is 19.0. The third kappa shape index (κ3) is 7.42. The summed E-state index contributed by atoms with van der Waals surface area (Å²) in [5.41, 5.74) is 2.51. The summed E-state index contributed by atoms with van der Waals surface area (Å²) in [5.74, 6) is 2.24. The second kappa shape index (κ2) is 11.9. The predicted molar refractivity (Wildman–Crippen MR) is 124 cm³/mol. The van der Waals surface area contributed by atoms with E-state index < -0.39 is 6.10 Å². The topological polar surface area (TPSA) is 54.4 Å². The summed E-state index contributed by atoms with van der Waals surface area (Å²) >= 11 is 0. The third-order valence-corrected chi connectivity index (χ3v) is 5.63. The molecule has 31 heavy (non-hydrogen) atoms. The van der Waals surface area contributed by atoms with Gasteiger partial charge in [-0.25, -0.2) is 0 Å². The number of hydrogen-bond acceptors (Lipinski definition) is 6. The Morgan fingerprint density at radius 3 is 2.13 bits per heavy atom. The first-order chi connectivity index (χ1) is 15.0. The van der Waals surface area contributed by atoms with Gasteiger partial charge in [0.1, 0.15) is 18.1 Å². The van der Waals surface area contributed by atoms with Gasteiger partial charge in [0.2, 0.25) is 0 Å². The molecule has 0 radical (unpaired) electrons. The molecule has 1 aliphatic heterocycles. The molecule has 2 aromatic carbocycles. The second-order valence-corrected chi connectivity index (χ2v) is 8.29. The summed E-state index contributed by atoms with van der Waals surface area (Å²) in [6.07, 6.45) is -0.488. The van der Waals surface area contributed by atoms with Crippen molar-refractivity contribution in [1.82, 2.24) is 4.90 Å². The first-order valence-electron chi connectivity index (χ1n) is 11.1. The summed E-state index contributed by atoms with van der Waals surface area (Å²) in [6, 6.07) is 16.4. The number of aliphatic hydroxyl groups excluding tert-OH is 1. The summed E-state index contributed by atoms with van der Waals surface area (Å²) < 4.78 is 16.5. The molecule has 1 aliphatic rings. The monoisotopic (exact) mass is 428 g/mol. The maximum Gasteiger partial charge on any atom is 0.119 e. The van der Waals surface area contributed by atoms with E-state index >= 15 is 0 Å². The minimum absolute atomic E-state index is 0.328. The van der Waals surface area contributed by atoms with Crippen LogP contribution in [0.3, 0.4) is 0 Å². The lowest BCUT2D eigenvalue weighted by atomic mass is 10.0. The van der Waals surface area contributed by atoms with Gasteiger partial charge in [0.15, 0.2) is 0 Å². The molecule has 1 heterocycles. The van der Waals surface area contributed by atoms with E-state index in [4.69, 9.17) is 14.2 Å². The second-order valence-electron chi connectivity index (χ2n) is 8.29. The Bertz CT molecular complexity index is 756. The average molecular weight is 429 g/mol. The van der Waals surface area contributed by atoms with Crippen molar-refractivity contribution in [2.24, 2.45) is 0 Å². The van der Waals surface area contributed by atoms with Crippen molar-refractivity contribution in [3.8, 4) is 11.5 Å². The molecule has 2 aromatic rings. The van der Waals surface area contributed by atoms with E-state index in [-0.39, 0.29) is 0 Å². The third-order valence-electron chi connectivity index (χ3n) is 5.63. The van der Waals surface area contributed by atoms with Gasteiger partial charge in [-0.2, -0.15) is 0 Å². The van der Waals surface area contributed by atoms with Crippen LogP contribution in [0, 0.1) is 0 Å². The summed E-state index contributed by atoms with van der Waals surface area (Å²) in [4.78, 5) is 4.66. The largest absolute Gasteiger partial charge is 0.497 e. The quantitative estimate of drug-likeness (QED) is 0.554. The van der Waals surface area contributed by atoms with E-state index in [2.05, 4.69) is 47.9 Å². The Labute approximate surface area is 186 Å². The molecule has 170 valence electrons. The van der Waals surface area contributed by atoms with Crippen LogP contribution in [0.4, 0.5) is 5.69 Å². The molecule has 6 heteroatoms. The average Bonchev–Trinajstić information content (AvgIpc) is 2.80. The molecule has 0 amide bonds. The smallest absolute Gasteiger partial charge is 0.119 e. The van der Waals surface area contributed by atoms with Crippen LogP contribution in [0.1, 0.15) is 25.3 Å². The Kier molecular flexibility index (Phi) is 9.00. The van der Waals surface area contributed by atoms with E-state index in [0.717, 1.165) is 37.7 Å². The van der Waals surface area contributed by atoms with Crippen LogP contribution in [0.5, 0.6) is 11.5 Å². The van der Waals surface area contributed by atoms with Gasteiger partial charge in [0.25, 0.3) is 0 Å². The molecule has 3 rings (SSSR count). The highest BCUT2D eigenvalue weighted by Crippen LogP contribution is 2.21. The molecular weight excluding hydrogens is 392 g/mol. The van der Waals surface area contributed by atoms with Crippen LogP contribution in [0.25, 0.3) is 0 Å². The molecule has 1 N–H and O–H groups in total. The SMILES string of the molecule is COc1ccc(N2CCN(CC(O)COCCOc3ccc(C(C)C)cc3)CC2)cc1. The zero-order chi connectivity index (χ0) is 22.1. The van der Waals surface area contributed by atoms with Crippen LogP contribution >= 0.6 is 0 Å². The molecule has 0 saturated carbocycles. The first-order valence-corrected chi connectivity index (χ1v) is 11.1. The number of nitrogens with zero attached hydrogens (tertiary/aromatic N) is 2. The van der Waals surface area contributed by atoms with Crippen molar-refractivity contribution in [2.75, 3.05) is 64.6 Å². The number of methoxy groups -OCH3 is 1. The van der Waals surface area contributed by atoms with Gasteiger partial charge in [-0.05, 0) is 47.9 Å². The number of aliphatic hydroxyl groups is 1. The Balaban J connectivity index is 1.27. The van der Waals surface area contributed by atoms with Gasteiger partial charge in [-0.1, -0.05) is 26.0 Å². The summed E-state index contributed by atoms with van der Waals surface area (Å²) in [7, 11) is 1.68. The zero-order valence-electron chi connectivity index (χ0n) is 19.0. The van der Waals surface area contributed by atoms with Gasteiger partial charge in [-0.15, -0.1) is 0 Å². The van der Waals surface area contributed by atoms with Gasteiger partial charge >= 0.3 is 0 Å².